The summed E-state index contributed by atoms with van der Waals surface area (Å²) >= 11 is 20.2. The summed E-state index contributed by atoms with van der Waals surface area (Å²) in [5, 5.41) is 4.62. The number of hydrogen-bond acceptors (Lipinski definition) is 4. The van der Waals surface area contributed by atoms with E-state index >= 15 is 0 Å². The number of benzene rings is 3. The third kappa shape index (κ3) is 5.97. The molecular formula is C23H14Br2Cl2N2O2S. The van der Waals surface area contributed by atoms with E-state index in [-0.39, 0.29) is 5.91 Å². The van der Waals surface area contributed by atoms with Gasteiger partial charge in [-0.15, -0.1) is 0 Å². The largest absolute Gasteiger partial charge is 0.487 e. The fraction of sp³-hybridized carbons (Fsp3) is 0.0435. The molecule has 1 saturated heterocycles. The Kier molecular flexibility index (Phi) is 7.63. The Morgan fingerprint density at radius 3 is 2.19 bits per heavy atom. The van der Waals surface area contributed by atoms with E-state index in [9.17, 15) is 4.79 Å². The first-order valence-corrected chi connectivity index (χ1v) is 12.4. The molecule has 0 spiro atoms. The number of thioether (sulfide) groups is 1. The van der Waals surface area contributed by atoms with E-state index in [4.69, 9.17) is 27.9 Å². The minimum absolute atomic E-state index is 0.196. The molecule has 0 saturated carbocycles. The van der Waals surface area contributed by atoms with Gasteiger partial charge in [0.2, 0.25) is 0 Å². The number of nitrogens with zero attached hydrogens (tertiary/aromatic N) is 1. The summed E-state index contributed by atoms with van der Waals surface area (Å²) in [5.41, 5.74) is 2.56. The van der Waals surface area contributed by atoms with Gasteiger partial charge in [-0.1, -0.05) is 35.3 Å². The minimum atomic E-state index is -0.196. The molecule has 0 aliphatic carbocycles. The number of hydrogen-bond donors (Lipinski definition) is 1. The number of rotatable bonds is 5. The zero-order valence-corrected chi connectivity index (χ0v) is 21.7. The highest BCUT2D eigenvalue weighted by molar-refractivity contribution is 9.11. The second-order valence-corrected chi connectivity index (χ2v) is 10.3. The van der Waals surface area contributed by atoms with E-state index in [0.717, 1.165) is 20.1 Å². The molecule has 4 rings (SSSR count). The third-order valence-electron chi connectivity index (χ3n) is 4.32. The van der Waals surface area contributed by atoms with Crippen LogP contribution in [0.15, 0.2) is 79.5 Å². The number of aliphatic imine (C=N–C) groups is 1. The predicted octanol–water partition coefficient (Wildman–Crippen LogP) is 7.99. The molecule has 0 aromatic heterocycles. The lowest BCUT2D eigenvalue weighted by Crippen LogP contribution is -2.19. The quantitative estimate of drug-likeness (QED) is 0.297. The topological polar surface area (TPSA) is 50.7 Å². The predicted molar refractivity (Wildman–Crippen MR) is 140 cm³/mol. The van der Waals surface area contributed by atoms with Gasteiger partial charge >= 0.3 is 0 Å². The van der Waals surface area contributed by atoms with E-state index in [1.807, 2.05) is 42.5 Å². The average Bonchev–Trinajstić information content (AvgIpc) is 3.09. The van der Waals surface area contributed by atoms with Crippen molar-refractivity contribution < 1.29 is 9.53 Å². The summed E-state index contributed by atoms with van der Waals surface area (Å²) in [6.45, 7) is 0.400. The van der Waals surface area contributed by atoms with Crippen molar-refractivity contribution in [3.8, 4) is 5.75 Å². The third-order valence-corrected chi connectivity index (χ3v) is 6.91. The van der Waals surface area contributed by atoms with E-state index in [0.29, 0.717) is 38.2 Å². The smallest absolute Gasteiger partial charge is 0.264 e. The highest BCUT2D eigenvalue weighted by atomic mass is 79.9. The van der Waals surface area contributed by atoms with Crippen LogP contribution in [0.3, 0.4) is 0 Å². The van der Waals surface area contributed by atoms with Gasteiger partial charge in [0.15, 0.2) is 5.17 Å². The van der Waals surface area contributed by atoms with Gasteiger partial charge in [0, 0.05) is 10.0 Å². The van der Waals surface area contributed by atoms with Crippen LogP contribution in [0.2, 0.25) is 10.0 Å². The van der Waals surface area contributed by atoms with Crippen molar-refractivity contribution in [2.24, 2.45) is 4.99 Å². The van der Waals surface area contributed by atoms with E-state index in [2.05, 4.69) is 42.2 Å². The van der Waals surface area contributed by atoms with E-state index in [1.54, 1.807) is 24.3 Å². The van der Waals surface area contributed by atoms with Crippen LogP contribution in [0.4, 0.5) is 5.69 Å². The van der Waals surface area contributed by atoms with E-state index in [1.165, 1.54) is 11.8 Å². The van der Waals surface area contributed by atoms with Crippen LogP contribution >= 0.6 is 66.8 Å². The molecule has 3 aromatic carbocycles. The molecule has 1 amide bonds. The maximum Gasteiger partial charge on any atom is 0.264 e. The van der Waals surface area contributed by atoms with E-state index < -0.39 is 0 Å². The highest BCUT2D eigenvalue weighted by Gasteiger charge is 2.24. The van der Waals surface area contributed by atoms with Gasteiger partial charge in [0.1, 0.15) is 12.4 Å². The second kappa shape index (κ2) is 10.4. The summed E-state index contributed by atoms with van der Waals surface area (Å²) in [5.74, 6) is 0.480. The number of carbonyl (C=O) groups is 1. The first-order valence-electron chi connectivity index (χ1n) is 9.29. The first kappa shape index (κ1) is 23.4. The van der Waals surface area contributed by atoms with Crippen LogP contribution in [-0.2, 0) is 11.4 Å². The van der Waals surface area contributed by atoms with Crippen LogP contribution in [0.5, 0.6) is 5.75 Å². The lowest BCUT2D eigenvalue weighted by Gasteiger charge is -2.11. The Morgan fingerprint density at radius 1 is 0.969 bits per heavy atom. The van der Waals surface area contributed by atoms with Crippen LogP contribution < -0.4 is 10.1 Å². The summed E-state index contributed by atoms with van der Waals surface area (Å²) in [6, 6.07) is 18.4. The fourth-order valence-corrected chi connectivity index (χ4v) is 5.35. The standard InChI is InChI=1S/C23H14Br2Cl2N2O2S/c24-18-9-14(10-19(25)21(18)31-12-13-1-3-15(26)4-2-13)11-20-22(30)29-23(32-20)28-17-7-5-16(27)6-8-17/h1-11H,12H2,(H,28,29,30)/b20-11-. The lowest BCUT2D eigenvalue weighted by molar-refractivity contribution is -0.115. The van der Waals surface area contributed by atoms with Gasteiger partial charge < -0.3 is 10.1 Å². The first-order chi connectivity index (χ1) is 15.4. The highest BCUT2D eigenvalue weighted by Crippen LogP contribution is 2.37. The molecule has 1 fully saturated rings. The molecule has 1 aliphatic rings. The molecule has 3 aromatic rings. The minimum Gasteiger partial charge on any atom is -0.487 e. The molecule has 1 heterocycles. The summed E-state index contributed by atoms with van der Waals surface area (Å²) in [4.78, 5) is 17.4. The molecule has 0 radical (unpaired) electrons. The number of amides is 1. The summed E-state index contributed by atoms with van der Waals surface area (Å²) in [7, 11) is 0. The van der Waals surface area contributed by atoms with Crippen molar-refractivity contribution in [1.29, 1.82) is 0 Å². The molecule has 4 nitrogen and oxygen atoms in total. The molecule has 162 valence electrons. The monoisotopic (exact) mass is 610 g/mol. The molecule has 0 bridgehead atoms. The Hall–Kier alpha value is -1.77. The Balaban J connectivity index is 1.49. The number of amidine groups is 1. The fourth-order valence-electron chi connectivity index (χ4n) is 2.80. The average molecular weight is 613 g/mol. The number of nitrogens with one attached hydrogen (secondary N) is 1. The number of ether oxygens (including phenoxy) is 1. The molecule has 0 atom stereocenters. The summed E-state index contributed by atoms with van der Waals surface area (Å²) < 4.78 is 7.50. The van der Waals surface area contributed by atoms with Gasteiger partial charge in [-0.2, -0.15) is 0 Å². The zero-order valence-electron chi connectivity index (χ0n) is 16.2. The molecule has 1 N–H and O–H groups in total. The maximum atomic E-state index is 12.4. The SMILES string of the molecule is O=C1NC(=Nc2ccc(Cl)cc2)S/C1=C\c1cc(Br)c(OCc2ccc(Cl)cc2)c(Br)c1. The normalized spacial score (nSPS) is 15.9. The molecule has 1 aliphatic heterocycles. The molecule has 32 heavy (non-hydrogen) atoms. The van der Waals surface area contributed by atoms with Crippen LogP contribution in [0, 0.1) is 0 Å². The Morgan fingerprint density at radius 2 is 1.56 bits per heavy atom. The second-order valence-electron chi connectivity index (χ2n) is 6.69. The van der Waals surface area contributed by atoms with Crippen molar-refractivity contribution in [2.45, 2.75) is 6.61 Å². The van der Waals surface area contributed by atoms with Crippen LogP contribution in [-0.4, -0.2) is 11.1 Å². The lowest BCUT2D eigenvalue weighted by atomic mass is 10.2. The Labute approximate surface area is 216 Å². The molecule has 9 heteroatoms. The van der Waals surface area contributed by atoms with Gasteiger partial charge in [-0.05, 0) is 109 Å². The van der Waals surface area contributed by atoms with Crippen LogP contribution in [0.1, 0.15) is 11.1 Å². The van der Waals surface area contributed by atoms with Crippen LogP contribution in [0.25, 0.3) is 6.08 Å². The number of halogens is 4. The van der Waals surface area contributed by atoms with Crippen molar-refractivity contribution >= 4 is 89.7 Å². The zero-order chi connectivity index (χ0) is 22.7. The maximum absolute atomic E-state index is 12.4. The summed E-state index contributed by atoms with van der Waals surface area (Å²) in [6.07, 6.45) is 1.81. The van der Waals surface area contributed by atoms with Gasteiger partial charge in [-0.3, -0.25) is 4.79 Å². The van der Waals surface area contributed by atoms with Crippen molar-refractivity contribution in [1.82, 2.24) is 5.32 Å². The van der Waals surface area contributed by atoms with Crippen molar-refractivity contribution in [3.05, 3.63) is 95.7 Å². The van der Waals surface area contributed by atoms with Crippen molar-refractivity contribution in [2.75, 3.05) is 0 Å². The molecular weight excluding hydrogens is 599 g/mol. The van der Waals surface area contributed by atoms with Gasteiger partial charge in [-0.25, -0.2) is 4.99 Å². The number of carbonyl (C=O) groups excluding carboxylic acids is 1. The Bertz CT molecular complexity index is 1210. The van der Waals surface area contributed by atoms with Gasteiger partial charge in [0.25, 0.3) is 5.91 Å². The van der Waals surface area contributed by atoms with Crippen molar-refractivity contribution in [3.63, 3.8) is 0 Å². The molecule has 0 unspecified atom stereocenters. The van der Waals surface area contributed by atoms with Gasteiger partial charge in [0.05, 0.1) is 19.5 Å².